The molecule has 1 aromatic carbocycles. The number of nitrogens with zero attached hydrogens (tertiary/aromatic N) is 2. The monoisotopic (exact) mass is 293 g/mol. The van der Waals surface area contributed by atoms with Gasteiger partial charge in [0.05, 0.1) is 4.91 Å². The molecular formula is C13H15N3O3S. The number of para-hydroxylation sites is 1. The second kappa shape index (κ2) is 6.08. The van der Waals surface area contributed by atoms with Crippen LogP contribution in [-0.2, 0) is 9.59 Å². The molecule has 1 aromatic rings. The number of carboxylic acid groups (broad SMARTS) is 1. The van der Waals surface area contributed by atoms with Crippen LogP contribution in [0.1, 0.15) is 0 Å². The molecule has 2 rings (SSSR count). The first-order valence-corrected chi connectivity index (χ1v) is 6.80. The lowest BCUT2D eigenvalue weighted by molar-refractivity contribution is -0.131. The highest BCUT2D eigenvalue weighted by Crippen LogP contribution is 2.36. The van der Waals surface area contributed by atoms with E-state index in [1.807, 2.05) is 44.4 Å². The minimum Gasteiger partial charge on any atom is -0.478 e. The number of aliphatic carboxylic acids is 1. The maximum Gasteiger partial charge on any atom is 0.329 e. The van der Waals surface area contributed by atoms with Crippen LogP contribution in [0, 0.1) is 0 Å². The van der Waals surface area contributed by atoms with Gasteiger partial charge in [-0.15, -0.1) is 0 Å². The Balaban J connectivity index is 2.34. The van der Waals surface area contributed by atoms with Crippen molar-refractivity contribution in [1.29, 1.82) is 0 Å². The van der Waals surface area contributed by atoms with E-state index in [1.165, 1.54) is 11.8 Å². The fraction of sp³-hybridized carbons (Fsp3) is 0.231. The first kappa shape index (κ1) is 14.6. The van der Waals surface area contributed by atoms with Gasteiger partial charge in [0.2, 0.25) is 0 Å². The molecule has 0 radical (unpaired) electrons. The largest absolute Gasteiger partial charge is 0.478 e. The summed E-state index contributed by atoms with van der Waals surface area (Å²) >= 11 is 1.18. The van der Waals surface area contributed by atoms with E-state index in [0.29, 0.717) is 0 Å². The van der Waals surface area contributed by atoms with E-state index in [9.17, 15) is 9.59 Å². The minimum absolute atomic E-state index is 0.209. The molecule has 7 heteroatoms. The molecule has 0 aliphatic carbocycles. The summed E-state index contributed by atoms with van der Waals surface area (Å²) in [7, 11) is 3.63. The summed E-state index contributed by atoms with van der Waals surface area (Å²) in [5, 5.41) is 10.6. The molecule has 0 aromatic heterocycles. The smallest absolute Gasteiger partial charge is 0.329 e. The maximum absolute atomic E-state index is 12.3. The summed E-state index contributed by atoms with van der Waals surface area (Å²) in [6.07, 6.45) is 0.945. The summed E-state index contributed by atoms with van der Waals surface area (Å²) in [6, 6.07) is 9.15. The molecule has 20 heavy (non-hydrogen) atoms. The Kier molecular flexibility index (Phi) is 4.43. The summed E-state index contributed by atoms with van der Waals surface area (Å²) in [4.78, 5) is 24.9. The molecule has 0 bridgehead atoms. The zero-order chi connectivity index (χ0) is 14.7. The quantitative estimate of drug-likeness (QED) is 0.639. The van der Waals surface area contributed by atoms with E-state index < -0.39 is 5.97 Å². The molecular weight excluding hydrogens is 278 g/mol. The topological polar surface area (TPSA) is 72.9 Å². The van der Waals surface area contributed by atoms with E-state index in [0.717, 1.165) is 11.8 Å². The third-order valence-corrected chi connectivity index (χ3v) is 3.65. The zero-order valence-corrected chi connectivity index (χ0v) is 11.9. The van der Waals surface area contributed by atoms with Gasteiger partial charge in [0.25, 0.3) is 5.91 Å². The first-order chi connectivity index (χ1) is 9.49. The highest BCUT2D eigenvalue weighted by atomic mass is 32.2. The standard InChI is InChI=1S/C13H15N3O3S/c1-15(2)14-13-16(9-6-4-3-5-7-9)12(19)10(20-13)8-11(17)18/h3-8,13-14H,1-2H3,(H,17,18)/b10-8+/t13-/m0/s1. The van der Waals surface area contributed by atoms with Crippen LogP contribution in [0.25, 0.3) is 0 Å². The lowest BCUT2D eigenvalue weighted by Gasteiger charge is -2.26. The number of benzene rings is 1. The summed E-state index contributed by atoms with van der Waals surface area (Å²) < 4.78 is 0. The second-order valence-corrected chi connectivity index (χ2v) is 5.47. The molecule has 2 N–H and O–H groups in total. The molecule has 0 unspecified atom stereocenters. The highest BCUT2D eigenvalue weighted by Gasteiger charge is 2.37. The van der Waals surface area contributed by atoms with Crippen molar-refractivity contribution in [1.82, 2.24) is 10.4 Å². The Hall–Kier alpha value is -1.83. The molecule has 106 valence electrons. The van der Waals surface area contributed by atoms with Gasteiger partial charge in [-0.25, -0.2) is 15.2 Å². The van der Waals surface area contributed by atoms with Gasteiger partial charge in [0.1, 0.15) is 0 Å². The van der Waals surface area contributed by atoms with Gasteiger partial charge in [0, 0.05) is 25.9 Å². The average Bonchev–Trinajstić information content (AvgIpc) is 2.65. The van der Waals surface area contributed by atoms with Crippen molar-refractivity contribution in [2.24, 2.45) is 0 Å². The van der Waals surface area contributed by atoms with Crippen LogP contribution >= 0.6 is 11.8 Å². The van der Waals surface area contributed by atoms with Crippen LogP contribution in [-0.4, -0.2) is 41.6 Å². The number of hydrogen-bond acceptors (Lipinski definition) is 5. The summed E-state index contributed by atoms with van der Waals surface area (Å²) in [5.74, 6) is -1.44. The van der Waals surface area contributed by atoms with Gasteiger partial charge < -0.3 is 5.11 Å². The van der Waals surface area contributed by atoms with Crippen molar-refractivity contribution >= 4 is 29.3 Å². The average molecular weight is 293 g/mol. The van der Waals surface area contributed by atoms with Crippen molar-refractivity contribution < 1.29 is 14.7 Å². The van der Waals surface area contributed by atoms with Crippen LogP contribution in [0.15, 0.2) is 41.3 Å². The Labute approximate surface area is 121 Å². The molecule has 1 aliphatic heterocycles. The van der Waals surface area contributed by atoms with Gasteiger partial charge >= 0.3 is 5.97 Å². The third-order valence-electron chi connectivity index (χ3n) is 2.56. The Bertz CT molecular complexity index is 545. The van der Waals surface area contributed by atoms with Crippen LogP contribution in [0.4, 0.5) is 5.69 Å². The SMILES string of the molecule is CN(C)N[C@@H]1S/C(=C/C(=O)O)C(=O)N1c1ccccc1. The Morgan fingerprint density at radius 2 is 2.05 bits per heavy atom. The number of carbonyl (C=O) groups excluding carboxylic acids is 1. The number of carbonyl (C=O) groups is 2. The van der Waals surface area contributed by atoms with Gasteiger partial charge in [0.15, 0.2) is 5.50 Å². The molecule has 1 atom stereocenters. The minimum atomic E-state index is -1.13. The maximum atomic E-state index is 12.3. The molecule has 1 fully saturated rings. The van der Waals surface area contributed by atoms with Gasteiger partial charge in [-0.1, -0.05) is 30.0 Å². The molecule has 1 heterocycles. The van der Waals surface area contributed by atoms with Gasteiger partial charge in [-0.2, -0.15) is 0 Å². The molecule has 1 amide bonds. The summed E-state index contributed by atoms with van der Waals surface area (Å²) in [6.45, 7) is 0. The van der Waals surface area contributed by atoms with Crippen molar-refractivity contribution in [3.8, 4) is 0 Å². The fourth-order valence-corrected chi connectivity index (χ4v) is 3.00. The lowest BCUT2D eigenvalue weighted by Crippen LogP contribution is -2.47. The number of hydrazine groups is 1. The molecule has 1 aliphatic rings. The van der Waals surface area contributed by atoms with E-state index in [-0.39, 0.29) is 16.3 Å². The molecule has 0 saturated carbocycles. The van der Waals surface area contributed by atoms with Crippen LogP contribution in [0.5, 0.6) is 0 Å². The van der Waals surface area contributed by atoms with Crippen LogP contribution < -0.4 is 10.3 Å². The van der Waals surface area contributed by atoms with Crippen molar-refractivity contribution in [2.75, 3.05) is 19.0 Å². The number of rotatable bonds is 4. The molecule has 0 spiro atoms. The van der Waals surface area contributed by atoms with Crippen molar-refractivity contribution in [3.63, 3.8) is 0 Å². The number of amides is 1. The zero-order valence-electron chi connectivity index (χ0n) is 11.1. The third kappa shape index (κ3) is 3.19. The van der Waals surface area contributed by atoms with Crippen molar-refractivity contribution in [2.45, 2.75) is 5.50 Å². The van der Waals surface area contributed by atoms with Crippen molar-refractivity contribution in [3.05, 3.63) is 41.3 Å². The van der Waals surface area contributed by atoms with Crippen LogP contribution in [0.3, 0.4) is 0 Å². The first-order valence-electron chi connectivity index (χ1n) is 5.92. The van der Waals surface area contributed by atoms with E-state index >= 15 is 0 Å². The van der Waals surface area contributed by atoms with E-state index in [1.54, 1.807) is 9.91 Å². The Morgan fingerprint density at radius 3 is 2.60 bits per heavy atom. The number of hydrogen-bond donors (Lipinski definition) is 2. The molecule has 6 nitrogen and oxygen atoms in total. The van der Waals surface area contributed by atoms with E-state index in [2.05, 4.69) is 5.43 Å². The van der Waals surface area contributed by atoms with Gasteiger partial charge in [-0.05, 0) is 12.1 Å². The molecule has 1 saturated heterocycles. The summed E-state index contributed by atoms with van der Waals surface area (Å²) in [5.41, 5.74) is 3.44. The number of anilines is 1. The van der Waals surface area contributed by atoms with Gasteiger partial charge in [-0.3, -0.25) is 9.69 Å². The number of thioether (sulfide) groups is 1. The number of carboxylic acids is 1. The lowest BCUT2D eigenvalue weighted by atomic mass is 10.3. The Morgan fingerprint density at radius 1 is 1.40 bits per heavy atom. The predicted molar refractivity (Wildman–Crippen MR) is 77.8 cm³/mol. The normalized spacial score (nSPS) is 20.9. The van der Waals surface area contributed by atoms with E-state index in [4.69, 9.17) is 5.11 Å². The fourth-order valence-electron chi connectivity index (χ4n) is 1.80. The van der Waals surface area contributed by atoms with Crippen LogP contribution in [0.2, 0.25) is 0 Å². The number of nitrogens with one attached hydrogen (secondary N) is 1. The predicted octanol–water partition coefficient (Wildman–Crippen LogP) is 1.08. The highest BCUT2D eigenvalue weighted by molar-refractivity contribution is 8.05. The second-order valence-electron chi connectivity index (χ2n) is 4.35.